The number of benzene rings is 1. The highest BCUT2D eigenvalue weighted by atomic mass is 16.3. The van der Waals surface area contributed by atoms with Crippen molar-refractivity contribution >= 4 is 5.78 Å². The molecule has 0 saturated carbocycles. The largest absolute Gasteiger partial charge is 0.387 e. The van der Waals surface area contributed by atoms with E-state index in [9.17, 15) is 9.90 Å². The van der Waals surface area contributed by atoms with E-state index in [1.807, 2.05) is 37.3 Å². The molecule has 2 N–H and O–H groups in total. The standard InChI is InChI=1S/C24H37NO2/c1-20(24(27)22-16-12-9-13-17-22)25-19-18-23(26)21-14-10-7-5-3-2-4-6-8-11-15-21/h9,12-14,16-17,20,24-25,27H,2-8,10-11,15,18-19H2,1H3/b21-14+. The number of hydrogen-bond donors (Lipinski definition) is 2. The van der Waals surface area contributed by atoms with Crippen LogP contribution in [0.15, 0.2) is 42.0 Å². The van der Waals surface area contributed by atoms with Crippen molar-refractivity contribution < 1.29 is 9.90 Å². The molecule has 0 heterocycles. The molecule has 0 amide bonds. The third-order valence-electron chi connectivity index (χ3n) is 5.58. The zero-order valence-electron chi connectivity index (χ0n) is 17.0. The molecule has 0 aliphatic heterocycles. The molecule has 27 heavy (non-hydrogen) atoms. The lowest BCUT2D eigenvalue weighted by Gasteiger charge is -2.20. The van der Waals surface area contributed by atoms with Gasteiger partial charge < -0.3 is 10.4 Å². The minimum atomic E-state index is -0.554. The van der Waals surface area contributed by atoms with E-state index in [0.717, 1.165) is 30.4 Å². The Balaban J connectivity index is 1.78. The number of rotatable bonds is 7. The van der Waals surface area contributed by atoms with Gasteiger partial charge in [0.25, 0.3) is 0 Å². The Kier molecular flexibility index (Phi) is 10.4. The van der Waals surface area contributed by atoms with Crippen molar-refractivity contribution in [3.8, 4) is 0 Å². The van der Waals surface area contributed by atoms with Crippen molar-refractivity contribution in [1.29, 1.82) is 0 Å². The second-order valence-corrected chi connectivity index (χ2v) is 7.87. The Hall–Kier alpha value is -1.45. The van der Waals surface area contributed by atoms with Gasteiger partial charge in [0.05, 0.1) is 6.10 Å². The summed E-state index contributed by atoms with van der Waals surface area (Å²) in [5.74, 6) is 0.279. The van der Waals surface area contributed by atoms with E-state index in [-0.39, 0.29) is 11.8 Å². The second-order valence-electron chi connectivity index (χ2n) is 7.87. The average molecular weight is 372 g/mol. The first-order valence-corrected chi connectivity index (χ1v) is 10.9. The molecule has 3 heteroatoms. The lowest BCUT2D eigenvalue weighted by Crippen LogP contribution is -2.33. The molecule has 150 valence electrons. The highest BCUT2D eigenvalue weighted by Gasteiger charge is 2.16. The maximum atomic E-state index is 12.7. The smallest absolute Gasteiger partial charge is 0.159 e. The van der Waals surface area contributed by atoms with Crippen LogP contribution in [0.3, 0.4) is 0 Å². The summed E-state index contributed by atoms with van der Waals surface area (Å²) in [5, 5.41) is 13.7. The number of hydrogen-bond acceptors (Lipinski definition) is 3. The fourth-order valence-electron chi connectivity index (χ4n) is 3.78. The fourth-order valence-corrected chi connectivity index (χ4v) is 3.78. The van der Waals surface area contributed by atoms with E-state index in [1.54, 1.807) is 0 Å². The molecular weight excluding hydrogens is 334 g/mol. The van der Waals surface area contributed by atoms with Gasteiger partial charge in [-0.25, -0.2) is 0 Å². The molecule has 0 spiro atoms. The first-order chi connectivity index (χ1) is 13.2. The van der Waals surface area contributed by atoms with Crippen molar-refractivity contribution in [2.24, 2.45) is 0 Å². The van der Waals surface area contributed by atoms with Gasteiger partial charge in [0, 0.05) is 19.0 Å². The summed E-state index contributed by atoms with van der Waals surface area (Å²) in [6.07, 6.45) is 14.3. The predicted octanol–water partition coefficient (Wildman–Crippen LogP) is 5.50. The summed E-state index contributed by atoms with van der Waals surface area (Å²) in [5.41, 5.74) is 1.94. The van der Waals surface area contributed by atoms with Crippen LogP contribution in [-0.2, 0) is 4.79 Å². The summed E-state index contributed by atoms with van der Waals surface area (Å²) in [4.78, 5) is 12.7. The molecule has 0 aromatic heterocycles. The van der Waals surface area contributed by atoms with Gasteiger partial charge in [0.15, 0.2) is 5.78 Å². The van der Waals surface area contributed by atoms with Gasteiger partial charge in [-0.05, 0) is 43.7 Å². The molecule has 1 aromatic carbocycles. The molecule has 1 aliphatic rings. The van der Waals surface area contributed by atoms with Crippen molar-refractivity contribution in [2.75, 3.05) is 6.54 Å². The van der Waals surface area contributed by atoms with Gasteiger partial charge in [0.1, 0.15) is 0 Å². The van der Waals surface area contributed by atoms with E-state index in [0.29, 0.717) is 13.0 Å². The molecular formula is C24H37NO2. The minimum Gasteiger partial charge on any atom is -0.387 e. The highest BCUT2D eigenvalue weighted by Crippen LogP contribution is 2.19. The van der Waals surface area contributed by atoms with E-state index in [1.165, 1.54) is 44.9 Å². The Labute approximate surface area is 165 Å². The molecule has 2 rings (SSSR count). The Morgan fingerprint density at radius 2 is 1.63 bits per heavy atom. The molecule has 0 radical (unpaired) electrons. The van der Waals surface area contributed by atoms with Gasteiger partial charge in [-0.15, -0.1) is 0 Å². The summed E-state index contributed by atoms with van der Waals surface area (Å²) < 4.78 is 0. The van der Waals surface area contributed by atoms with Crippen LogP contribution in [0.4, 0.5) is 0 Å². The summed E-state index contributed by atoms with van der Waals surface area (Å²) in [6, 6.07) is 9.61. The van der Waals surface area contributed by atoms with E-state index >= 15 is 0 Å². The topological polar surface area (TPSA) is 49.3 Å². The average Bonchev–Trinajstić information content (AvgIpc) is 2.68. The summed E-state index contributed by atoms with van der Waals surface area (Å²) in [7, 11) is 0. The zero-order chi connectivity index (χ0) is 19.3. The lowest BCUT2D eigenvalue weighted by molar-refractivity contribution is -0.115. The number of Topliss-reactive ketones (excluding diaryl/α,β-unsaturated/α-hetero) is 1. The molecule has 3 nitrogen and oxygen atoms in total. The number of aliphatic hydroxyl groups excluding tert-OH is 1. The summed E-state index contributed by atoms with van der Waals surface area (Å²) in [6.45, 7) is 2.58. The molecule has 0 saturated heterocycles. The Morgan fingerprint density at radius 3 is 2.33 bits per heavy atom. The molecule has 0 fully saturated rings. The van der Waals surface area contributed by atoms with Gasteiger partial charge in [0.2, 0.25) is 0 Å². The first-order valence-electron chi connectivity index (χ1n) is 10.9. The predicted molar refractivity (Wildman–Crippen MR) is 113 cm³/mol. The van der Waals surface area contributed by atoms with Gasteiger partial charge >= 0.3 is 0 Å². The van der Waals surface area contributed by atoms with Crippen LogP contribution in [0, 0.1) is 0 Å². The molecule has 2 unspecified atom stereocenters. The van der Waals surface area contributed by atoms with Crippen LogP contribution in [0.1, 0.15) is 89.2 Å². The molecule has 0 bridgehead atoms. The van der Waals surface area contributed by atoms with Crippen molar-refractivity contribution in [1.82, 2.24) is 5.32 Å². The second kappa shape index (κ2) is 12.9. The SMILES string of the molecule is CC(NCCC(=O)/C1=C/CCCCCCCCCC1)C(O)c1ccccc1. The van der Waals surface area contributed by atoms with Crippen LogP contribution in [-0.4, -0.2) is 23.5 Å². The van der Waals surface area contributed by atoms with E-state index < -0.39 is 6.10 Å². The van der Waals surface area contributed by atoms with Gasteiger partial charge in [-0.2, -0.15) is 0 Å². The van der Waals surface area contributed by atoms with Crippen LogP contribution >= 0.6 is 0 Å². The number of allylic oxidation sites excluding steroid dienone is 2. The van der Waals surface area contributed by atoms with Crippen LogP contribution < -0.4 is 5.32 Å². The maximum absolute atomic E-state index is 12.7. The number of aliphatic hydroxyl groups is 1. The van der Waals surface area contributed by atoms with E-state index in [2.05, 4.69) is 11.4 Å². The first kappa shape index (κ1) is 21.8. The Morgan fingerprint density at radius 1 is 1.00 bits per heavy atom. The van der Waals surface area contributed by atoms with Crippen LogP contribution in [0.5, 0.6) is 0 Å². The fraction of sp³-hybridized carbons (Fsp3) is 0.625. The maximum Gasteiger partial charge on any atom is 0.159 e. The number of carbonyl (C=O) groups is 1. The number of ketones is 1. The molecule has 1 aromatic rings. The van der Waals surface area contributed by atoms with Crippen molar-refractivity contribution in [3.63, 3.8) is 0 Å². The van der Waals surface area contributed by atoms with E-state index in [4.69, 9.17) is 0 Å². The van der Waals surface area contributed by atoms with Gasteiger partial charge in [-0.3, -0.25) is 4.79 Å². The van der Waals surface area contributed by atoms with Crippen molar-refractivity contribution in [2.45, 2.75) is 89.7 Å². The number of carbonyl (C=O) groups excluding carboxylic acids is 1. The number of nitrogens with one attached hydrogen (secondary N) is 1. The van der Waals surface area contributed by atoms with Gasteiger partial charge in [-0.1, -0.05) is 74.9 Å². The zero-order valence-corrected chi connectivity index (χ0v) is 17.0. The normalized spacial score (nSPS) is 21.2. The third-order valence-corrected chi connectivity index (χ3v) is 5.58. The van der Waals surface area contributed by atoms with Crippen LogP contribution in [0.25, 0.3) is 0 Å². The lowest BCUT2D eigenvalue weighted by atomic mass is 9.97. The molecule has 2 atom stereocenters. The Bertz CT molecular complexity index is 567. The van der Waals surface area contributed by atoms with Crippen molar-refractivity contribution in [3.05, 3.63) is 47.5 Å². The quantitative estimate of drug-likeness (QED) is 0.665. The highest BCUT2D eigenvalue weighted by molar-refractivity contribution is 5.95. The third kappa shape index (κ3) is 8.40. The molecule has 1 aliphatic carbocycles. The van der Waals surface area contributed by atoms with Crippen LogP contribution in [0.2, 0.25) is 0 Å². The minimum absolute atomic E-state index is 0.0783. The summed E-state index contributed by atoms with van der Waals surface area (Å²) >= 11 is 0. The monoisotopic (exact) mass is 371 g/mol.